The van der Waals surface area contributed by atoms with Gasteiger partial charge in [-0.2, -0.15) is 0 Å². The van der Waals surface area contributed by atoms with Crippen molar-refractivity contribution in [3.05, 3.63) is 0 Å². The van der Waals surface area contributed by atoms with Crippen LogP contribution in [0.3, 0.4) is 0 Å². The summed E-state index contributed by atoms with van der Waals surface area (Å²) in [6, 6.07) is 0. The van der Waals surface area contributed by atoms with Crippen LogP contribution in [0.1, 0.15) is 19.8 Å². The van der Waals surface area contributed by atoms with E-state index in [2.05, 4.69) is 5.32 Å². The number of methoxy groups -OCH3 is 1. The van der Waals surface area contributed by atoms with Gasteiger partial charge in [0.25, 0.3) is 0 Å². The number of halogens is 1. The summed E-state index contributed by atoms with van der Waals surface area (Å²) >= 11 is 0. The SMILES string of the molecule is COCC1CN(C(C)=O)CC12CCNCC2.Cl. The molecule has 0 aliphatic carbocycles. The lowest BCUT2D eigenvalue weighted by Crippen LogP contribution is -2.43. The second-order valence-electron chi connectivity index (χ2n) is 5.16. The minimum atomic E-state index is 0. The van der Waals surface area contributed by atoms with Crippen molar-refractivity contribution >= 4 is 18.3 Å². The molecule has 0 aromatic heterocycles. The van der Waals surface area contributed by atoms with Crippen molar-refractivity contribution in [1.29, 1.82) is 0 Å². The van der Waals surface area contributed by atoms with Crippen LogP contribution in [-0.2, 0) is 9.53 Å². The van der Waals surface area contributed by atoms with Crippen LogP contribution in [0.5, 0.6) is 0 Å². The molecule has 1 amide bonds. The van der Waals surface area contributed by atoms with Gasteiger partial charge in [-0.25, -0.2) is 0 Å². The van der Waals surface area contributed by atoms with Crippen molar-refractivity contribution < 1.29 is 9.53 Å². The fourth-order valence-electron chi connectivity index (χ4n) is 3.20. The molecule has 1 unspecified atom stereocenters. The molecule has 2 aliphatic rings. The van der Waals surface area contributed by atoms with Crippen LogP contribution in [0.2, 0.25) is 0 Å². The third kappa shape index (κ3) is 2.92. The normalized spacial score (nSPS) is 26.9. The maximum atomic E-state index is 11.5. The van der Waals surface area contributed by atoms with Crippen LogP contribution in [0, 0.1) is 11.3 Å². The number of carbonyl (C=O) groups is 1. The molecule has 1 N–H and O–H groups in total. The van der Waals surface area contributed by atoms with Crippen LogP contribution in [0.4, 0.5) is 0 Å². The first-order valence-corrected chi connectivity index (χ1v) is 6.13. The Kier molecular flexibility index (Phi) is 5.22. The second kappa shape index (κ2) is 6.03. The molecule has 2 fully saturated rings. The van der Waals surface area contributed by atoms with Gasteiger partial charge in [-0.05, 0) is 31.3 Å². The Morgan fingerprint density at radius 1 is 1.47 bits per heavy atom. The van der Waals surface area contributed by atoms with Crippen LogP contribution < -0.4 is 5.32 Å². The van der Waals surface area contributed by atoms with Crippen LogP contribution in [0.15, 0.2) is 0 Å². The Labute approximate surface area is 109 Å². The van der Waals surface area contributed by atoms with E-state index < -0.39 is 0 Å². The number of rotatable bonds is 2. The molecule has 0 bridgehead atoms. The Hall–Kier alpha value is -0.320. The quantitative estimate of drug-likeness (QED) is 0.804. The van der Waals surface area contributed by atoms with Crippen LogP contribution in [0.25, 0.3) is 0 Å². The topological polar surface area (TPSA) is 41.6 Å². The van der Waals surface area contributed by atoms with Gasteiger partial charge in [0.1, 0.15) is 0 Å². The van der Waals surface area contributed by atoms with Gasteiger partial charge in [-0.1, -0.05) is 0 Å². The molecule has 0 saturated carbocycles. The van der Waals surface area contributed by atoms with Crippen molar-refractivity contribution in [3.8, 4) is 0 Å². The van der Waals surface area contributed by atoms with E-state index >= 15 is 0 Å². The maximum Gasteiger partial charge on any atom is 0.219 e. The highest BCUT2D eigenvalue weighted by Crippen LogP contribution is 2.43. The van der Waals surface area contributed by atoms with Gasteiger partial charge < -0.3 is 15.0 Å². The molecule has 2 aliphatic heterocycles. The van der Waals surface area contributed by atoms with Gasteiger partial charge in [0, 0.05) is 33.0 Å². The van der Waals surface area contributed by atoms with Crippen molar-refractivity contribution in [2.75, 3.05) is 39.9 Å². The molecule has 5 heteroatoms. The van der Waals surface area contributed by atoms with Gasteiger partial charge >= 0.3 is 0 Å². The number of amides is 1. The zero-order chi connectivity index (χ0) is 11.6. The van der Waals surface area contributed by atoms with E-state index in [1.807, 2.05) is 4.90 Å². The smallest absolute Gasteiger partial charge is 0.219 e. The molecule has 17 heavy (non-hydrogen) atoms. The lowest BCUT2D eigenvalue weighted by atomic mass is 9.71. The molecule has 100 valence electrons. The number of carbonyl (C=O) groups excluding carboxylic acids is 1. The van der Waals surface area contributed by atoms with E-state index in [1.165, 1.54) is 12.8 Å². The Balaban J connectivity index is 0.00000144. The third-order valence-electron chi connectivity index (χ3n) is 4.23. The highest BCUT2D eigenvalue weighted by molar-refractivity contribution is 5.85. The zero-order valence-electron chi connectivity index (χ0n) is 10.7. The average molecular weight is 263 g/mol. The molecule has 2 rings (SSSR count). The Morgan fingerprint density at radius 2 is 2.12 bits per heavy atom. The van der Waals surface area contributed by atoms with Gasteiger partial charge in [-0.3, -0.25) is 4.79 Å². The predicted molar refractivity (Wildman–Crippen MR) is 69.4 cm³/mol. The molecular formula is C12H23ClN2O2. The number of ether oxygens (including phenoxy) is 1. The lowest BCUT2D eigenvalue weighted by Gasteiger charge is -2.38. The minimum Gasteiger partial charge on any atom is -0.384 e. The summed E-state index contributed by atoms with van der Waals surface area (Å²) in [5.41, 5.74) is 0.312. The van der Waals surface area contributed by atoms with Crippen molar-refractivity contribution in [2.45, 2.75) is 19.8 Å². The number of nitrogens with one attached hydrogen (secondary N) is 1. The van der Waals surface area contributed by atoms with E-state index in [0.717, 1.165) is 32.8 Å². The standard InChI is InChI=1S/C12H22N2O2.ClH/c1-10(15)14-7-11(8-16-2)12(9-14)3-5-13-6-4-12;/h11,13H,3-9H2,1-2H3;1H. The van der Waals surface area contributed by atoms with E-state index in [4.69, 9.17) is 4.74 Å². The molecule has 4 nitrogen and oxygen atoms in total. The van der Waals surface area contributed by atoms with Gasteiger partial charge in [0.2, 0.25) is 5.91 Å². The van der Waals surface area contributed by atoms with E-state index in [1.54, 1.807) is 14.0 Å². The minimum absolute atomic E-state index is 0. The highest BCUT2D eigenvalue weighted by atomic mass is 35.5. The Morgan fingerprint density at radius 3 is 2.65 bits per heavy atom. The fraction of sp³-hybridized carbons (Fsp3) is 0.917. The first-order valence-electron chi connectivity index (χ1n) is 6.13. The summed E-state index contributed by atoms with van der Waals surface area (Å²) in [5.74, 6) is 0.722. The van der Waals surface area contributed by atoms with E-state index in [-0.39, 0.29) is 18.3 Å². The number of nitrogens with zero attached hydrogens (tertiary/aromatic N) is 1. The van der Waals surface area contributed by atoms with Crippen LogP contribution in [-0.4, -0.2) is 50.7 Å². The molecule has 0 aromatic carbocycles. The highest BCUT2D eigenvalue weighted by Gasteiger charge is 2.47. The molecular weight excluding hydrogens is 240 g/mol. The number of hydrogen-bond acceptors (Lipinski definition) is 3. The maximum absolute atomic E-state index is 11.5. The molecule has 0 radical (unpaired) electrons. The van der Waals surface area contributed by atoms with Gasteiger partial charge in [0.15, 0.2) is 0 Å². The average Bonchev–Trinajstić information content (AvgIpc) is 2.60. The number of likely N-dealkylation sites (tertiary alicyclic amines) is 1. The third-order valence-corrected chi connectivity index (χ3v) is 4.23. The van der Waals surface area contributed by atoms with E-state index in [9.17, 15) is 4.79 Å². The molecule has 0 aromatic rings. The lowest BCUT2D eigenvalue weighted by molar-refractivity contribution is -0.128. The predicted octanol–water partition coefficient (Wildman–Crippen LogP) is 0.903. The zero-order valence-corrected chi connectivity index (χ0v) is 11.5. The van der Waals surface area contributed by atoms with Crippen molar-refractivity contribution in [2.24, 2.45) is 11.3 Å². The summed E-state index contributed by atoms with van der Waals surface area (Å²) in [5, 5.41) is 3.40. The van der Waals surface area contributed by atoms with Crippen molar-refractivity contribution in [1.82, 2.24) is 10.2 Å². The molecule has 1 spiro atoms. The number of hydrogen-bond donors (Lipinski definition) is 1. The summed E-state index contributed by atoms with van der Waals surface area (Å²) < 4.78 is 5.32. The monoisotopic (exact) mass is 262 g/mol. The molecule has 1 atom stereocenters. The second-order valence-corrected chi connectivity index (χ2v) is 5.16. The van der Waals surface area contributed by atoms with Gasteiger partial charge in [0.05, 0.1) is 6.61 Å². The molecule has 2 saturated heterocycles. The van der Waals surface area contributed by atoms with Crippen molar-refractivity contribution in [3.63, 3.8) is 0 Å². The summed E-state index contributed by atoms with van der Waals surface area (Å²) in [6.07, 6.45) is 2.34. The van der Waals surface area contributed by atoms with E-state index in [0.29, 0.717) is 11.3 Å². The fourth-order valence-corrected chi connectivity index (χ4v) is 3.20. The Bertz CT molecular complexity index is 267. The summed E-state index contributed by atoms with van der Waals surface area (Å²) in [7, 11) is 1.76. The summed E-state index contributed by atoms with van der Waals surface area (Å²) in [6.45, 7) is 6.41. The molecule has 2 heterocycles. The first-order chi connectivity index (χ1) is 7.68. The van der Waals surface area contributed by atoms with Gasteiger partial charge in [-0.15, -0.1) is 12.4 Å². The van der Waals surface area contributed by atoms with Crippen LogP contribution >= 0.6 is 12.4 Å². The summed E-state index contributed by atoms with van der Waals surface area (Å²) in [4.78, 5) is 13.5. The largest absolute Gasteiger partial charge is 0.384 e. The first kappa shape index (κ1) is 14.7. The number of piperidine rings is 1.